The van der Waals surface area contributed by atoms with Crippen molar-refractivity contribution in [2.24, 2.45) is 0 Å². The van der Waals surface area contributed by atoms with Crippen molar-refractivity contribution in [1.82, 2.24) is 4.90 Å². The van der Waals surface area contributed by atoms with E-state index in [2.05, 4.69) is 4.74 Å². The van der Waals surface area contributed by atoms with E-state index in [0.29, 0.717) is 0 Å². The lowest BCUT2D eigenvalue weighted by atomic mass is 10.1. The fourth-order valence-corrected chi connectivity index (χ4v) is 0.701. The summed E-state index contributed by atoms with van der Waals surface area (Å²) < 4.78 is 4.54. The number of likely N-dealkylation sites (N-methyl/N-ethyl adjacent to an activating group) is 1. The van der Waals surface area contributed by atoms with Gasteiger partial charge in [0.2, 0.25) is 6.10 Å². The largest absolute Gasteiger partial charge is 0.362 e. The van der Waals surface area contributed by atoms with Crippen molar-refractivity contribution in [1.29, 1.82) is 0 Å². The second-order valence-corrected chi connectivity index (χ2v) is 1.85. The zero-order valence-corrected chi connectivity index (χ0v) is 5.25. The summed E-state index contributed by atoms with van der Waals surface area (Å²) in [7, 11) is 2.77. The molecule has 0 atom stereocenters. The van der Waals surface area contributed by atoms with E-state index in [4.69, 9.17) is 0 Å². The fraction of sp³-hybridized carbons (Fsp3) is 0.600. The lowest BCUT2D eigenvalue weighted by Crippen LogP contribution is -2.60. The van der Waals surface area contributed by atoms with Crippen LogP contribution in [-0.2, 0) is 14.3 Å². The third kappa shape index (κ3) is 0.632. The Hall–Kier alpha value is -0.900. The smallest absolute Gasteiger partial charge is 0.267 e. The van der Waals surface area contributed by atoms with Gasteiger partial charge in [-0.25, -0.2) is 0 Å². The summed E-state index contributed by atoms with van der Waals surface area (Å²) >= 11 is 0. The van der Waals surface area contributed by atoms with Crippen LogP contribution in [0.5, 0.6) is 0 Å². The molecule has 9 heavy (non-hydrogen) atoms. The average molecular weight is 129 g/mol. The van der Waals surface area contributed by atoms with Crippen LogP contribution >= 0.6 is 0 Å². The second-order valence-electron chi connectivity index (χ2n) is 1.85. The molecule has 0 aliphatic carbocycles. The van der Waals surface area contributed by atoms with E-state index >= 15 is 0 Å². The molecule has 0 aromatic heterocycles. The summed E-state index contributed by atoms with van der Waals surface area (Å²) in [6, 6.07) is 0. The van der Waals surface area contributed by atoms with Crippen LogP contribution in [-0.4, -0.2) is 37.0 Å². The minimum Gasteiger partial charge on any atom is -0.362 e. The van der Waals surface area contributed by atoms with Gasteiger partial charge < -0.3 is 4.74 Å². The van der Waals surface area contributed by atoms with Crippen LogP contribution in [0, 0.1) is 0 Å². The van der Waals surface area contributed by atoms with Crippen molar-refractivity contribution in [2.45, 2.75) is 6.10 Å². The lowest BCUT2D eigenvalue weighted by molar-refractivity contribution is -0.172. The molecule has 0 aromatic carbocycles. The molecule has 1 saturated heterocycles. The topological polar surface area (TPSA) is 46.6 Å². The Morgan fingerprint density at radius 1 is 1.44 bits per heavy atom. The Morgan fingerprint density at radius 2 is 1.89 bits per heavy atom. The highest BCUT2D eigenvalue weighted by Gasteiger charge is 2.44. The standard InChI is InChI=1S/C5H7NO3/c1-6-4(7)3(9-2)5(6)8/h3H,1-2H3. The van der Waals surface area contributed by atoms with E-state index in [0.717, 1.165) is 4.90 Å². The van der Waals surface area contributed by atoms with Crippen molar-refractivity contribution < 1.29 is 14.3 Å². The van der Waals surface area contributed by atoms with Gasteiger partial charge in [0.05, 0.1) is 0 Å². The lowest BCUT2D eigenvalue weighted by Gasteiger charge is -2.30. The average Bonchev–Trinajstić information content (AvgIpc) is 1.89. The molecule has 2 amide bonds. The third-order valence-corrected chi connectivity index (χ3v) is 1.35. The molecule has 0 aromatic rings. The number of ether oxygens (including phenoxy) is 1. The molecule has 0 N–H and O–H groups in total. The van der Waals surface area contributed by atoms with Gasteiger partial charge >= 0.3 is 0 Å². The Labute approximate surface area is 52.4 Å². The van der Waals surface area contributed by atoms with Gasteiger partial charge in [0.1, 0.15) is 0 Å². The van der Waals surface area contributed by atoms with Crippen molar-refractivity contribution in [3.05, 3.63) is 0 Å². The molecule has 1 heterocycles. The van der Waals surface area contributed by atoms with Crippen LogP contribution in [0.1, 0.15) is 0 Å². The number of carbonyl (C=O) groups excluding carboxylic acids is 2. The number of nitrogens with zero attached hydrogens (tertiary/aromatic N) is 1. The molecular weight excluding hydrogens is 122 g/mol. The predicted molar refractivity (Wildman–Crippen MR) is 28.6 cm³/mol. The highest BCUT2D eigenvalue weighted by Crippen LogP contribution is 2.11. The Kier molecular flexibility index (Phi) is 1.25. The molecule has 4 heteroatoms. The third-order valence-electron chi connectivity index (χ3n) is 1.35. The van der Waals surface area contributed by atoms with Gasteiger partial charge in [-0.05, 0) is 0 Å². The van der Waals surface area contributed by atoms with E-state index in [1.165, 1.54) is 14.2 Å². The number of amides is 2. The van der Waals surface area contributed by atoms with Crippen LogP contribution < -0.4 is 0 Å². The molecule has 1 rings (SSSR count). The second kappa shape index (κ2) is 1.80. The number of hydrogen-bond acceptors (Lipinski definition) is 3. The number of rotatable bonds is 1. The molecule has 0 saturated carbocycles. The Bertz CT molecular complexity index is 150. The molecule has 50 valence electrons. The number of β-lactam (4-membered cyclic amide) rings is 2. The van der Waals surface area contributed by atoms with Gasteiger partial charge in [-0.3, -0.25) is 14.5 Å². The number of imide groups is 1. The number of hydrogen-bond donors (Lipinski definition) is 0. The summed E-state index contributed by atoms with van der Waals surface area (Å²) in [4.78, 5) is 22.2. The van der Waals surface area contributed by atoms with Crippen LogP contribution in [0.4, 0.5) is 0 Å². The maximum absolute atomic E-state index is 10.6. The van der Waals surface area contributed by atoms with E-state index in [-0.39, 0.29) is 11.8 Å². The van der Waals surface area contributed by atoms with Gasteiger partial charge in [-0.2, -0.15) is 0 Å². The maximum Gasteiger partial charge on any atom is 0.267 e. The first-order chi connectivity index (χ1) is 4.18. The summed E-state index contributed by atoms with van der Waals surface area (Å²) in [5.41, 5.74) is 0. The molecule has 0 bridgehead atoms. The van der Waals surface area contributed by atoms with E-state index < -0.39 is 6.10 Å². The highest BCUT2D eigenvalue weighted by molar-refractivity contribution is 6.20. The van der Waals surface area contributed by atoms with Gasteiger partial charge in [-0.15, -0.1) is 0 Å². The van der Waals surface area contributed by atoms with Crippen molar-refractivity contribution in [3.63, 3.8) is 0 Å². The zero-order valence-electron chi connectivity index (χ0n) is 5.25. The van der Waals surface area contributed by atoms with Gasteiger partial charge in [0.15, 0.2) is 0 Å². The summed E-state index contributed by atoms with van der Waals surface area (Å²) in [6.07, 6.45) is -0.824. The summed E-state index contributed by atoms with van der Waals surface area (Å²) in [6.45, 7) is 0. The van der Waals surface area contributed by atoms with Crippen LogP contribution in [0.2, 0.25) is 0 Å². The molecular formula is C5H7NO3. The van der Waals surface area contributed by atoms with E-state index in [1.807, 2.05) is 0 Å². The first-order valence-corrected chi connectivity index (χ1v) is 2.52. The summed E-state index contributed by atoms with van der Waals surface area (Å²) in [5, 5.41) is 0. The SMILES string of the molecule is COC1C(=O)N(C)C1=O. The minimum absolute atomic E-state index is 0.262. The number of methoxy groups -OCH3 is 1. The van der Waals surface area contributed by atoms with Gasteiger partial charge in [0, 0.05) is 14.2 Å². The highest BCUT2D eigenvalue weighted by atomic mass is 16.5. The molecule has 1 aliphatic rings. The fourth-order valence-electron chi connectivity index (χ4n) is 0.701. The van der Waals surface area contributed by atoms with Crippen molar-refractivity contribution in [3.8, 4) is 0 Å². The van der Waals surface area contributed by atoms with Crippen molar-refractivity contribution >= 4 is 11.8 Å². The Morgan fingerprint density at radius 3 is 2.11 bits per heavy atom. The van der Waals surface area contributed by atoms with Crippen LogP contribution in [0.25, 0.3) is 0 Å². The quantitative estimate of drug-likeness (QED) is 0.337. The van der Waals surface area contributed by atoms with Crippen LogP contribution in [0.3, 0.4) is 0 Å². The first kappa shape index (κ1) is 6.22. The normalized spacial score (nSPS) is 20.4. The van der Waals surface area contributed by atoms with Crippen molar-refractivity contribution in [2.75, 3.05) is 14.2 Å². The first-order valence-electron chi connectivity index (χ1n) is 2.52. The molecule has 4 nitrogen and oxygen atoms in total. The molecule has 1 fully saturated rings. The van der Waals surface area contributed by atoms with E-state index in [1.54, 1.807) is 0 Å². The zero-order chi connectivity index (χ0) is 7.02. The number of likely N-dealkylation sites (tertiary alicyclic amines) is 1. The Balaban J connectivity index is 2.62. The van der Waals surface area contributed by atoms with Gasteiger partial charge in [0.25, 0.3) is 11.8 Å². The minimum atomic E-state index is -0.824. The summed E-state index contributed by atoms with van der Waals surface area (Å²) in [5.74, 6) is -0.523. The van der Waals surface area contributed by atoms with Gasteiger partial charge in [-0.1, -0.05) is 0 Å². The van der Waals surface area contributed by atoms with Crippen LogP contribution in [0.15, 0.2) is 0 Å². The molecule has 0 radical (unpaired) electrons. The maximum atomic E-state index is 10.6. The van der Waals surface area contributed by atoms with E-state index in [9.17, 15) is 9.59 Å². The number of carbonyl (C=O) groups is 2. The molecule has 0 spiro atoms. The monoisotopic (exact) mass is 129 g/mol. The molecule has 1 aliphatic heterocycles. The molecule has 0 unspecified atom stereocenters. The predicted octanol–water partition coefficient (Wildman–Crippen LogP) is -1.00.